The van der Waals surface area contributed by atoms with Crippen LogP contribution >= 0.6 is 0 Å². The quantitative estimate of drug-likeness (QED) is 0.642. The zero-order valence-electron chi connectivity index (χ0n) is 12.8. The van der Waals surface area contributed by atoms with Crippen LogP contribution in [0.1, 0.15) is 11.2 Å². The molecule has 1 amide bonds. The van der Waals surface area contributed by atoms with Crippen molar-refractivity contribution in [3.05, 3.63) is 24.4 Å². The van der Waals surface area contributed by atoms with Crippen LogP contribution in [0.5, 0.6) is 11.5 Å². The number of carbonyl (C=O) groups excluding carboxylic acids is 2. The highest BCUT2D eigenvalue weighted by Gasteiger charge is 2.25. The molecular weight excluding hydrogens is 338 g/mol. The minimum Gasteiger partial charge on any atom is -0.496 e. The Bertz CT molecular complexity index is 947. The van der Waals surface area contributed by atoms with E-state index in [0.29, 0.717) is 17.0 Å². The molecule has 0 unspecified atom stereocenters. The predicted octanol–water partition coefficient (Wildman–Crippen LogP) is 0.879. The van der Waals surface area contributed by atoms with Crippen molar-refractivity contribution in [1.29, 1.82) is 0 Å². The standard InChI is InChI=1S/C14H13N3O6S/c1-22-11-5-8(23-24(2,20)21)3-4-9(11)10-7-17-13(19)6-12(18)16-14(17)15-10/h3-5,7H,6H2,1-2H3,(H,15,16,18). The van der Waals surface area contributed by atoms with Gasteiger partial charge in [0.15, 0.2) is 0 Å². The summed E-state index contributed by atoms with van der Waals surface area (Å²) in [5.41, 5.74) is 0.908. The molecule has 24 heavy (non-hydrogen) atoms. The number of benzene rings is 1. The highest BCUT2D eigenvalue weighted by Crippen LogP contribution is 2.34. The Morgan fingerprint density at radius 2 is 2.04 bits per heavy atom. The number of carbonyl (C=O) groups is 2. The average molecular weight is 351 g/mol. The number of aromatic nitrogens is 2. The number of ether oxygens (including phenoxy) is 1. The van der Waals surface area contributed by atoms with Crippen LogP contribution in [-0.4, -0.2) is 43.1 Å². The van der Waals surface area contributed by atoms with Crippen LogP contribution < -0.4 is 14.2 Å². The molecule has 1 aromatic carbocycles. The monoisotopic (exact) mass is 351 g/mol. The van der Waals surface area contributed by atoms with Crippen molar-refractivity contribution < 1.29 is 26.9 Å². The summed E-state index contributed by atoms with van der Waals surface area (Å²) in [4.78, 5) is 27.5. The Morgan fingerprint density at radius 3 is 2.71 bits per heavy atom. The number of nitrogens with one attached hydrogen (secondary N) is 1. The Kier molecular flexibility index (Phi) is 3.76. The van der Waals surface area contributed by atoms with Gasteiger partial charge < -0.3 is 8.92 Å². The van der Waals surface area contributed by atoms with Gasteiger partial charge in [-0.3, -0.25) is 19.5 Å². The van der Waals surface area contributed by atoms with E-state index < -0.39 is 16.0 Å². The van der Waals surface area contributed by atoms with Crippen molar-refractivity contribution >= 4 is 27.9 Å². The molecule has 0 saturated heterocycles. The Hall–Kier alpha value is -2.88. The Balaban J connectivity index is 2.02. The Labute approximate surface area is 137 Å². The van der Waals surface area contributed by atoms with Crippen LogP contribution in [-0.2, 0) is 14.9 Å². The predicted molar refractivity (Wildman–Crippen MR) is 83.6 cm³/mol. The second-order valence-electron chi connectivity index (χ2n) is 5.09. The fourth-order valence-corrected chi connectivity index (χ4v) is 2.74. The van der Waals surface area contributed by atoms with E-state index in [1.807, 2.05) is 0 Å². The molecule has 1 aromatic heterocycles. The summed E-state index contributed by atoms with van der Waals surface area (Å²) in [6, 6.07) is 4.40. The van der Waals surface area contributed by atoms with Crippen molar-refractivity contribution in [2.45, 2.75) is 6.42 Å². The maximum absolute atomic E-state index is 11.9. The van der Waals surface area contributed by atoms with Gasteiger partial charge in [0.05, 0.1) is 19.1 Å². The fraction of sp³-hybridized carbons (Fsp3) is 0.214. The van der Waals surface area contributed by atoms with Gasteiger partial charge in [0, 0.05) is 17.8 Å². The van der Waals surface area contributed by atoms with E-state index in [9.17, 15) is 18.0 Å². The number of methoxy groups -OCH3 is 1. The van der Waals surface area contributed by atoms with Gasteiger partial charge in [-0.15, -0.1) is 0 Å². The highest BCUT2D eigenvalue weighted by atomic mass is 32.2. The second kappa shape index (κ2) is 5.64. The minimum atomic E-state index is -3.66. The molecular formula is C14H13N3O6S. The molecule has 10 heteroatoms. The molecule has 0 atom stereocenters. The van der Waals surface area contributed by atoms with E-state index in [2.05, 4.69) is 10.3 Å². The summed E-state index contributed by atoms with van der Waals surface area (Å²) in [7, 11) is -2.25. The molecule has 0 fully saturated rings. The lowest BCUT2D eigenvalue weighted by Gasteiger charge is -2.11. The number of hydrogen-bond acceptors (Lipinski definition) is 7. The van der Waals surface area contributed by atoms with Crippen LogP contribution in [0, 0.1) is 0 Å². The number of nitrogens with zero attached hydrogens (tertiary/aromatic N) is 2. The van der Waals surface area contributed by atoms with Gasteiger partial charge in [0.2, 0.25) is 17.8 Å². The fourth-order valence-electron chi connectivity index (χ4n) is 2.29. The Morgan fingerprint density at radius 1 is 1.29 bits per heavy atom. The van der Waals surface area contributed by atoms with Gasteiger partial charge in [-0.25, -0.2) is 4.98 Å². The SMILES string of the molecule is COc1cc(OS(C)(=O)=O)ccc1-c1cn2c(n1)NC(=O)CC2=O. The summed E-state index contributed by atoms with van der Waals surface area (Å²) in [6.45, 7) is 0. The van der Waals surface area contributed by atoms with E-state index >= 15 is 0 Å². The summed E-state index contributed by atoms with van der Waals surface area (Å²) in [6.07, 6.45) is 2.16. The van der Waals surface area contributed by atoms with Gasteiger partial charge in [-0.05, 0) is 12.1 Å². The first-order chi connectivity index (χ1) is 11.3. The van der Waals surface area contributed by atoms with Crippen LogP contribution in [0.4, 0.5) is 5.95 Å². The maximum atomic E-state index is 11.9. The van der Waals surface area contributed by atoms with Crippen molar-refractivity contribution in [2.75, 3.05) is 18.7 Å². The van der Waals surface area contributed by atoms with Gasteiger partial charge >= 0.3 is 10.1 Å². The number of hydrogen-bond donors (Lipinski definition) is 1. The summed E-state index contributed by atoms with van der Waals surface area (Å²) in [5, 5.41) is 2.51. The first-order valence-electron chi connectivity index (χ1n) is 6.77. The van der Waals surface area contributed by atoms with Gasteiger partial charge in [-0.1, -0.05) is 0 Å². The largest absolute Gasteiger partial charge is 0.496 e. The van der Waals surface area contributed by atoms with Crippen molar-refractivity contribution in [3.8, 4) is 22.8 Å². The molecule has 0 bridgehead atoms. The highest BCUT2D eigenvalue weighted by molar-refractivity contribution is 7.86. The first-order valence-corrected chi connectivity index (χ1v) is 8.59. The normalized spacial score (nSPS) is 14.1. The third-order valence-corrected chi connectivity index (χ3v) is 3.73. The maximum Gasteiger partial charge on any atom is 0.306 e. The van der Waals surface area contributed by atoms with Crippen LogP contribution in [0.3, 0.4) is 0 Å². The lowest BCUT2D eigenvalue weighted by atomic mass is 10.1. The molecule has 0 radical (unpaired) electrons. The molecule has 2 heterocycles. The average Bonchev–Trinajstić information content (AvgIpc) is 2.89. The molecule has 0 saturated carbocycles. The first kappa shape index (κ1) is 16.0. The van der Waals surface area contributed by atoms with E-state index in [1.165, 1.54) is 30.0 Å². The number of amides is 1. The molecule has 0 aliphatic carbocycles. The van der Waals surface area contributed by atoms with E-state index in [4.69, 9.17) is 8.92 Å². The molecule has 2 aromatic rings. The zero-order valence-corrected chi connectivity index (χ0v) is 13.6. The summed E-state index contributed by atoms with van der Waals surface area (Å²) >= 11 is 0. The lowest BCUT2D eigenvalue weighted by Crippen LogP contribution is -2.28. The van der Waals surface area contributed by atoms with Crippen LogP contribution in [0.2, 0.25) is 0 Å². The van der Waals surface area contributed by atoms with Gasteiger partial charge in [0.25, 0.3) is 0 Å². The van der Waals surface area contributed by atoms with Crippen LogP contribution in [0.25, 0.3) is 11.3 Å². The van der Waals surface area contributed by atoms with Gasteiger partial charge in [0.1, 0.15) is 17.9 Å². The van der Waals surface area contributed by atoms with E-state index in [-0.39, 0.29) is 24.0 Å². The number of imidazole rings is 1. The van der Waals surface area contributed by atoms with E-state index in [0.717, 1.165) is 6.26 Å². The van der Waals surface area contributed by atoms with E-state index in [1.54, 1.807) is 6.07 Å². The van der Waals surface area contributed by atoms with Crippen molar-refractivity contribution in [2.24, 2.45) is 0 Å². The molecule has 3 rings (SSSR count). The topological polar surface area (TPSA) is 117 Å². The summed E-state index contributed by atoms with van der Waals surface area (Å²) < 4.78 is 33.7. The zero-order chi connectivity index (χ0) is 17.5. The van der Waals surface area contributed by atoms with Gasteiger partial charge in [-0.2, -0.15) is 8.42 Å². The second-order valence-corrected chi connectivity index (χ2v) is 6.66. The minimum absolute atomic E-state index is 0.0893. The molecule has 126 valence electrons. The summed E-state index contributed by atoms with van der Waals surface area (Å²) in [5.74, 6) is -0.279. The lowest BCUT2D eigenvalue weighted by molar-refractivity contribution is -0.115. The molecule has 1 N–H and O–H groups in total. The van der Waals surface area contributed by atoms with Crippen molar-refractivity contribution in [1.82, 2.24) is 9.55 Å². The number of fused-ring (bicyclic) bond motifs is 1. The number of anilines is 1. The van der Waals surface area contributed by atoms with Crippen LogP contribution in [0.15, 0.2) is 24.4 Å². The molecule has 1 aliphatic heterocycles. The third-order valence-electron chi connectivity index (χ3n) is 3.23. The smallest absolute Gasteiger partial charge is 0.306 e. The molecule has 1 aliphatic rings. The molecule has 0 spiro atoms. The number of rotatable bonds is 4. The van der Waals surface area contributed by atoms with Crippen molar-refractivity contribution in [3.63, 3.8) is 0 Å². The third kappa shape index (κ3) is 3.08. The molecule has 9 nitrogen and oxygen atoms in total.